The first-order chi connectivity index (χ1) is 7.61. The van der Waals surface area contributed by atoms with Crippen LogP contribution in [0.1, 0.15) is 19.4 Å². The van der Waals surface area contributed by atoms with E-state index in [-0.39, 0.29) is 12.0 Å². The predicted octanol–water partition coefficient (Wildman–Crippen LogP) is 1.27. The van der Waals surface area contributed by atoms with Gasteiger partial charge in [0.05, 0.1) is 12.5 Å². The Morgan fingerprint density at radius 1 is 1.31 bits per heavy atom. The second kappa shape index (κ2) is 6.12. The van der Waals surface area contributed by atoms with Gasteiger partial charge in [0.25, 0.3) is 0 Å². The van der Waals surface area contributed by atoms with Crippen LogP contribution in [0.5, 0.6) is 5.75 Å². The molecule has 0 saturated carbocycles. The molecule has 2 N–H and O–H groups in total. The van der Waals surface area contributed by atoms with Gasteiger partial charge >= 0.3 is 0 Å². The van der Waals surface area contributed by atoms with Gasteiger partial charge in [0.2, 0.25) is 5.91 Å². The first-order valence-corrected chi connectivity index (χ1v) is 5.33. The van der Waals surface area contributed by atoms with Gasteiger partial charge in [0, 0.05) is 7.05 Å². The highest BCUT2D eigenvalue weighted by Crippen LogP contribution is 2.13. The summed E-state index contributed by atoms with van der Waals surface area (Å²) in [5.74, 6) is 0.771. The Morgan fingerprint density at radius 2 is 1.94 bits per heavy atom. The Hall–Kier alpha value is -1.55. The standard InChI is InChI=1S/C12H18N2O2/c1-9(2)16-11-6-4-10(5-7-11)8-12(15)14-13-3/h4-7,9,13H,8H2,1-3H3,(H,14,15). The number of amides is 1. The summed E-state index contributed by atoms with van der Waals surface area (Å²) in [4.78, 5) is 11.3. The molecule has 1 rings (SSSR count). The number of ether oxygens (including phenoxy) is 1. The minimum Gasteiger partial charge on any atom is -0.491 e. The largest absolute Gasteiger partial charge is 0.491 e. The third-order valence-corrected chi connectivity index (χ3v) is 1.92. The minimum absolute atomic E-state index is 0.0555. The van der Waals surface area contributed by atoms with E-state index >= 15 is 0 Å². The summed E-state index contributed by atoms with van der Waals surface area (Å²) >= 11 is 0. The van der Waals surface area contributed by atoms with Gasteiger partial charge in [-0.1, -0.05) is 12.1 Å². The molecule has 16 heavy (non-hydrogen) atoms. The van der Waals surface area contributed by atoms with Crippen LogP contribution in [-0.4, -0.2) is 19.1 Å². The fourth-order valence-electron chi connectivity index (χ4n) is 1.33. The van der Waals surface area contributed by atoms with E-state index in [1.807, 2.05) is 38.1 Å². The number of nitrogens with one attached hydrogen (secondary N) is 2. The van der Waals surface area contributed by atoms with Crippen LogP contribution in [0.4, 0.5) is 0 Å². The molecule has 0 bridgehead atoms. The molecular formula is C12H18N2O2. The minimum atomic E-state index is -0.0555. The summed E-state index contributed by atoms with van der Waals surface area (Å²) in [6.07, 6.45) is 0.529. The Labute approximate surface area is 96.0 Å². The second-order valence-corrected chi connectivity index (χ2v) is 3.79. The van der Waals surface area contributed by atoms with Crippen LogP contribution in [0.3, 0.4) is 0 Å². The van der Waals surface area contributed by atoms with Crippen LogP contribution in [0.15, 0.2) is 24.3 Å². The average Bonchev–Trinajstić information content (AvgIpc) is 2.20. The molecule has 1 amide bonds. The zero-order chi connectivity index (χ0) is 12.0. The normalized spacial score (nSPS) is 10.2. The molecule has 0 aromatic heterocycles. The Bertz CT molecular complexity index is 333. The quantitative estimate of drug-likeness (QED) is 0.738. The van der Waals surface area contributed by atoms with Gasteiger partial charge < -0.3 is 4.74 Å². The van der Waals surface area contributed by atoms with E-state index in [0.717, 1.165) is 11.3 Å². The number of hydrazine groups is 1. The molecule has 0 aliphatic rings. The lowest BCUT2D eigenvalue weighted by molar-refractivity contribution is -0.121. The lowest BCUT2D eigenvalue weighted by atomic mass is 10.1. The van der Waals surface area contributed by atoms with Crippen LogP contribution in [0, 0.1) is 0 Å². The van der Waals surface area contributed by atoms with Gasteiger partial charge in [-0.2, -0.15) is 0 Å². The number of carbonyl (C=O) groups is 1. The maximum Gasteiger partial charge on any atom is 0.238 e. The van der Waals surface area contributed by atoms with Crippen LogP contribution in [0.25, 0.3) is 0 Å². The molecule has 0 atom stereocenters. The van der Waals surface area contributed by atoms with E-state index in [9.17, 15) is 4.79 Å². The summed E-state index contributed by atoms with van der Waals surface area (Å²) in [5.41, 5.74) is 6.08. The molecular weight excluding hydrogens is 204 g/mol. The lowest BCUT2D eigenvalue weighted by Gasteiger charge is -2.10. The molecule has 88 valence electrons. The van der Waals surface area contributed by atoms with Crippen molar-refractivity contribution in [2.45, 2.75) is 26.4 Å². The first kappa shape index (κ1) is 12.5. The van der Waals surface area contributed by atoms with Crippen molar-refractivity contribution in [1.82, 2.24) is 10.9 Å². The fourth-order valence-corrected chi connectivity index (χ4v) is 1.33. The van der Waals surface area contributed by atoms with E-state index in [0.29, 0.717) is 6.42 Å². The number of hydrogen-bond donors (Lipinski definition) is 2. The third-order valence-electron chi connectivity index (χ3n) is 1.92. The lowest BCUT2D eigenvalue weighted by Crippen LogP contribution is -2.35. The molecule has 4 nitrogen and oxygen atoms in total. The Balaban J connectivity index is 2.54. The smallest absolute Gasteiger partial charge is 0.238 e. The fraction of sp³-hybridized carbons (Fsp3) is 0.417. The molecule has 0 heterocycles. The first-order valence-electron chi connectivity index (χ1n) is 5.33. The van der Waals surface area contributed by atoms with Gasteiger partial charge in [-0.25, -0.2) is 5.43 Å². The highest BCUT2D eigenvalue weighted by molar-refractivity contribution is 5.78. The third kappa shape index (κ3) is 4.31. The van der Waals surface area contributed by atoms with Crippen molar-refractivity contribution >= 4 is 5.91 Å². The molecule has 0 spiro atoms. The zero-order valence-electron chi connectivity index (χ0n) is 9.91. The Morgan fingerprint density at radius 3 is 2.44 bits per heavy atom. The highest BCUT2D eigenvalue weighted by atomic mass is 16.5. The molecule has 1 aromatic rings. The van der Waals surface area contributed by atoms with Crippen molar-refractivity contribution < 1.29 is 9.53 Å². The SMILES string of the molecule is CNNC(=O)Cc1ccc(OC(C)C)cc1. The van der Waals surface area contributed by atoms with Gasteiger partial charge in [-0.3, -0.25) is 10.2 Å². The highest BCUT2D eigenvalue weighted by Gasteiger charge is 2.02. The van der Waals surface area contributed by atoms with Crippen molar-refractivity contribution in [3.05, 3.63) is 29.8 Å². The molecule has 0 radical (unpaired) electrons. The number of rotatable bonds is 5. The molecule has 4 heteroatoms. The van der Waals surface area contributed by atoms with Crippen LogP contribution < -0.4 is 15.6 Å². The van der Waals surface area contributed by atoms with Gasteiger partial charge in [0.15, 0.2) is 0 Å². The van der Waals surface area contributed by atoms with Crippen molar-refractivity contribution in [1.29, 1.82) is 0 Å². The van der Waals surface area contributed by atoms with E-state index in [1.54, 1.807) is 7.05 Å². The predicted molar refractivity (Wildman–Crippen MR) is 63.1 cm³/mol. The molecule has 0 saturated heterocycles. The molecule has 1 aromatic carbocycles. The monoisotopic (exact) mass is 222 g/mol. The van der Waals surface area contributed by atoms with Crippen molar-refractivity contribution in [3.63, 3.8) is 0 Å². The summed E-state index contributed by atoms with van der Waals surface area (Å²) in [5, 5.41) is 0. The van der Waals surface area contributed by atoms with Crippen LogP contribution >= 0.6 is 0 Å². The number of benzene rings is 1. The van der Waals surface area contributed by atoms with E-state index in [1.165, 1.54) is 0 Å². The van der Waals surface area contributed by atoms with Crippen molar-refractivity contribution in [2.75, 3.05) is 7.05 Å². The topological polar surface area (TPSA) is 50.4 Å². The van der Waals surface area contributed by atoms with Gasteiger partial charge in [-0.15, -0.1) is 0 Å². The average molecular weight is 222 g/mol. The van der Waals surface area contributed by atoms with Crippen LogP contribution in [0.2, 0.25) is 0 Å². The number of hydrogen-bond acceptors (Lipinski definition) is 3. The molecule has 0 aliphatic carbocycles. The number of carbonyl (C=O) groups excluding carboxylic acids is 1. The van der Waals surface area contributed by atoms with Gasteiger partial charge in [0.1, 0.15) is 5.75 Å². The van der Waals surface area contributed by atoms with E-state index in [4.69, 9.17) is 4.74 Å². The summed E-state index contributed by atoms with van der Waals surface area (Å²) in [7, 11) is 1.66. The summed E-state index contributed by atoms with van der Waals surface area (Å²) < 4.78 is 5.51. The maximum absolute atomic E-state index is 11.3. The van der Waals surface area contributed by atoms with Crippen molar-refractivity contribution in [3.8, 4) is 5.75 Å². The second-order valence-electron chi connectivity index (χ2n) is 3.79. The van der Waals surface area contributed by atoms with E-state index in [2.05, 4.69) is 10.9 Å². The van der Waals surface area contributed by atoms with Crippen LogP contribution in [-0.2, 0) is 11.2 Å². The Kier molecular flexibility index (Phi) is 4.79. The van der Waals surface area contributed by atoms with Crippen molar-refractivity contribution in [2.24, 2.45) is 0 Å². The van der Waals surface area contributed by atoms with E-state index < -0.39 is 0 Å². The summed E-state index contributed by atoms with van der Waals surface area (Å²) in [6, 6.07) is 7.55. The molecule has 0 fully saturated rings. The molecule has 0 aliphatic heterocycles. The molecule has 0 unspecified atom stereocenters. The zero-order valence-corrected chi connectivity index (χ0v) is 9.91. The van der Waals surface area contributed by atoms with Gasteiger partial charge in [-0.05, 0) is 31.5 Å². The summed E-state index contributed by atoms with van der Waals surface area (Å²) in [6.45, 7) is 3.96. The maximum atomic E-state index is 11.3.